The smallest absolute Gasteiger partial charge is 0.254 e. The summed E-state index contributed by atoms with van der Waals surface area (Å²) < 4.78 is 0. The first kappa shape index (κ1) is 19.4. The molecule has 0 spiro atoms. The van der Waals surface area contributed by atoms with Crippen LogP contribution in [0.4, 0.5) is 5.69 Å². The van der Waals surface area contributed by atoms with Crippen molar-refractivity contribution in [3.8, 4) is 11.1 Å². The number of rotatable bonds is 6. The zero-order valence-electron chi connectivity index (χ0n) is 16.2. The minimum atomic E-state index is -0.214. The third-order valence-electron chi connectivity index (χ3n) is 4.64. The summed E-state index contributed by atoms with van der Waals surface area (Å²) >= 11 is 0. The molecule has 0 unspecified atom stereocenters. The van der Waals surface area contributed by atoms with Crippen molar-refractivity contribution in [2.75, 3.05) is 18.9 Å². The molecule has 2 amide bonds. The highest BCUT2D eigenvalue weighted by atomic mass is 16.2. The molecule has 1 N–H and O–H groups in total. The van der Waals surface area contributed by atoms with Crippen LogP contribution < -0.4 is 5.32 Å². The number of hydrogen-bond acceptors (Lipinski definition) is 2. The predicted octanol–water partition coefficient (Wildman–Crippen LogP) is 4.63. The summed E-state index contributed by atoms with van der Waals surface area (Å²) in [6.45, 7) is 2.03. The largest absolute Gasteiger partial charge is 0.332 e. The number of likely N-dealkylation sites (N-methyl/N-ethyl adjacent to an activating group) is 1. The SMILES string of the molecule is CCc1ccccc1NC(=O)CN(C)C(=O)c1ccccc1-c1ccccc1. The number of carbonyl (C=O) groups is 2. The number of amides is 2. The molecule has 0 aliphatic carbocycles. The molecule has 142 valence electrons. The molecule has 0 heterocycles. The van der Waals surface area contributed by atoms with E-state index in [9.17, 15) is 9.59 Å². The Morgan fingerprint density at radius 2 is 1.50 bits per heavy atom. The van der Waals surface area contributed by atoms with Crippen LogP contribution in [0.5, 0.6) is 0 Å². The highest BCUT2D eigenvalue weighted by molar-refractivity contribution is 6.03. The number of carbonyl (C=O) groups excluding carboxylic acids is 2. The van der Waals surface area contributed by atoms with Gasteiger partial charge in [-0.2, -0.15) is 0 Å². The number of nitrogens with one attached hydrogen (secondary N) is 1. The van der Waals surface area contributed by atoms with Gasteiger partial charge in [0.05, 0.1) is 6.54 Å². The molecule has 0 bridgehead atoms. The lowest BCUT2D eigenvalue weighted by Crippen LogP contribution is -2.35. The van der Waals surface area contributed by atoms with Gasteiger partial charge < -0.3 is 10.2 Å². The summed E-state index contributed by atoms with van der Waals surface area (Å²) in [6, 6.07) is 24.9. The van der Waals surface area contributed by atoms with E-state index in [-0.39, 0.29) is 18.4 Å². The molecule has 0 saturated heterocycles. The molecule has 0 aromatic heterocycles. The Bertz CT molecular complexity index is 967. The van der Waals surface area contributed by atoms with Crippen molar-refractivity contribution in [1.82, 2.24) is 4.90 Å². The van der Waals surface area contributed by atoms with E-state index >= 15 is 0 Å². The van der Waals surface area contributed by atoms with Crippen LogP contribution in [0.25, 0.3) is 11.1 Å². The minimum Gasteiger partial charge on any atom is -0.332 e. The average molecular weight is 372 g/mol. The van der Waals surface area contributed by atoms with E-state index in [1.54, 1.807) is 13.1 Å². The number of anilines is 1. The lowest BCUT2D eigenvalue weighted by atomic mass is 9.99. The van der Waals surface area contributed by atoms with Gasteiger partial charge in [-0.3, -0.25) is 9.59 Å². The van der Waals surface area contributed by atoms with Gasteiger partial charge in [0, 0.05) is 18.3 Å². The van der Waals surface area contributed by atoms with Gasteiger partial charge in [-0.25, -0.2) is 0 Å². The van der Waals surface area contributed by atoms with E-state index in [1.165, 1.54) is 4.90 Å². The molecule has 28 heavy (non-hydrogen) atoms. The van der Waals surface area contributed by atoms with Crippen LogP contribution in [-0.4, -0.2) is 30.3 Å². The van der Waals surface area contributed by atoms with E-state index in [2.05, 4.69) is 5.32 Å². The summed E-state index contributed by atoms with van der Waals surface area (Å²) in [7, 11) is 1.65. The molecular weight excluding hydrogens is 348 g/mol. The first-order valence-electron chi connectivity index (χ1n) is 9.37. The van der Waals surface area contributed by atoms with Gasteiger partial charge >= 0.3 is 0 Å². The lowest BCUT2D eigenvalue weighted by molar-refractivity contribution is -0.116. The number of para-hydroxylation sites is 1. The Morgan fingerprint density at radius 3 is 2.25 bits per heavy atom. The van der Waals surface area contributed by atoms with Crippen molar-refractivity contribution in [3.63, 3.8) is 0 Å². The van der Waals surface area contributed by atoms with Crippen molar-refractivity contribution in [3.05, 3.63) is 90.0 Å². The van der Waals surface area contributed by atoms with E-state index in [0.29, 0.717) is 5.56 Å². The normalized spacial score (nSPS) is 10.4. The summed E-state index contributed by atoms with van der Waals surface area (Å²) in [4.78, 5) is 26.9. The van der Waals surface area contributed by atoms with E-state index in [1.807, 2.05) is 79.7 Å². The average Bonchev–Trinajstić information content (AvgIpc) is 2.74. The summed E-state index contributed by atoms with van der Waals surface area (Å²) in [5.74, 6) is -0.396. The van der Waals surface area contributed by atoms with Gasteiger partial charge in [0.15, 0.2) is 0 Å². The zero-order valence-corrected chi connectivity index (χ0v) is 16.2. The fourth-order valence-corrected chi connectivity index (χ4v) is 3.17. The monoisotopic (exact) mass is 372 g/mol. The second-order valence-corrected chi connectivity index (χ2v) is 6.63. The van der Waals surface area contributed by atoms with Crippen molar-refractivity contribution < 1.29 is 9.59 Å². The molecule has 0 aliphatic heterocycles. The number of hydrogen-bond donors (Lipinski definition) is 1. The van der Waals surface area contributed by atoms with Crippen LogP contribution in [0.15, 0.2) is 78.9 Å². The van der Waals surface area contributed by atoms with Gasteiger partial charge in [0.2, 0.25) is 5.91 Å². The van der Waals surface area contributed by atoms with Gasteiger partial charge in [-0.15, -0.1) is 0 Å². The second kappa shape index (κ2) is 9.00. The Kier molecular flexibility index (Phi) is 6.22. The minimum absolute atomic E-state index is 0.0139. The van der Waals surface area contributed by atoms with E-state index < -0.39 is 0 Å². The van der Waals surface area contributed by atoms with Crippen LogP contribution in [0.2, 0.25) is 0 Å². The molecule has 0 fully saturated rings. The highest BCUT2D eigenvalue weighted by Gasteiger charge is 2.19. The topological polar surface area (TPSA) is 49.4 Å². The van der Waals surface area contributed by atoms with Crippen molar-refractivity contribution in [1.29, 1.82) is 0 Å². The first-order valence-corrected chi connectivity index (χ1v) is 9.37. The second-order valence-electron chi connectivity index (χ2n) is 6.63. The molecule has 0 radical (unpaired) electrons. The number of nitrogens with zero attached hydrogens (tertiary/aromatic N) is 1. The molecule has 3 aromatic rings. The molecule has 4 heteroatoms. The Labute approximate surface area is 165 Å². The third-order valence-corrected chi connectivity index (χ3v) is 4.64. The Hall–Kier alpha value is -3.40. The number of aryl methyl sites for hydroxylation is 1. The molecule has 0 aliphatic rings. The van der Waals surface area contributed by atoms with Crippen LogP contribution in [0.3, 0.4) is 0 Å². The van der Waals surface area contributed by atoms with Crippen LogP contribution in [0, 0.1) is 0 Å². The zero-order chi connectivity index (χ0) is 19.9. The molecule has 3 rings (SSSR count). The highest BCUT2D eigenvalue weighted by Crippen LogP contribution is 2.24. The van der Waals surface area contributed by atoms with Crippen molar-refractivity contribution >= 4 is 17.5 Å². The number of benzene rings is 3. The molecule has 4 nitrogen and oxygen atoms in total. The van der Waals surface area contributed by atoms with Gasteiger partial charge in [0.1, 0.15) is 0 Å². The Morgan fingerprint density at radius 1 is 0.857 bits per heavy atom. The molecular formula is C24H24N2O2. The summed E-state index contributed by atoms with van der Waals surface area (Å²) in [5, 5.41) is 2.91. The predicted molar refractivity (Wildman–Crippen MR) is 113 cm³/mol. The standard InChI is InChI=1S/C24H24N2O2/c1-3-18-11-7-10-16-22(18)25-23(27)17-26(2)24(28)21-15-9-8-14-20(21)19-12-5-4-6-13-19/h4-16H,3,17H2,1-2H3,(H,25,27). The van der Waals surface area contributed by atoms with Crippen LogP contribution in [0.1, 0.15) is 22.8 Å². The van der Waals surface area contributed by atoms with Crippen molar-refractivity contribution in [2.45, 2.75) is 13.3 Å². The van der Waals surface area contributed by atoms with Gasteiger partial charge in [-0.1, -0.05) is 73.7 Å². The maximum atomic E-state index is 13.0. The fourth-order valence-electron chi connectivity index (χ4n) is 3.17. The fraction of sp³-hybridized carbons (Fsp3) is 0.167. The maximum Gasteiger partial charge on any atom is 0.254 e. The lowest BCUT2D eigenvalue weighted by Gasteiger charge is -2.19. The van der Waals surface area contributed by atoms with Crippen LogP contribution >= 0.6 is 0 Å². The summed E-state index contributed by atoms with van der Waals surface area (Å²) in [6.07, 6.45) is 0.829. The van der Waals surface area contributed by atoms with E-state index in [4.69, 9.17) is 0 Å². The van der Waals surface area contributed by atoms with Gasteiger partial charge in [-0.05, 0) is 35.2 Å². The van der Waals surface area contributed by atoms with Crippen molar-refractivity contribution in [2.24, 2.45) is 0 Å². The van der Waals surface area contributed by atoms with E-state index in [0.717, 1.165) is 28.8 Å². The van der Waals surface area contributed by atoms with Crippen LogP contribution in [-0.2, 0) is 11.2 Å². The quantitative estimate of drug-likeness (QED) is 0.686. The summed E-state index contributed by atoms with van der Waals surface area (Å²) in [5.41, 5.74) is 4.27. The molecule has 0 saturated carbocycles. The third kappa shape index (κ3) is 4.46. The Balaban J connectivity index is 1.74. The molecule has 0 atom stereocenters. The molecule has 3 aromatic carbocycles. The van der Waals surface area contributed by atoms with Gasteiger partial charge in [0.25, 0.3) is 5.91 Å². The first-order chi connectivity index (χ1) is 13.6. The maximum absolute atomic E-state index is 13.0.